The van der Waals surface area contributed by atoms with Gasteiger partial charge in [-0.3, -0.25) is 10.1 Å². The standard InChI is InChI=1S/C9H7ClF4N2O2/c10-6-3-5(16(17)18)1-2-7(6)15-4-9(13,14)8(11)12/h1-3,8,15H,4H2. The molecule has 9 heteroatoms. The number of alkyl halides is 4. The van der Waals surface area contributed by atoms with Crippen molar-refractivity contribution in [3.63, 3.8) is 0 Å². The Morgan fingerprint density at radius 3 is 2.50 bits per heavy atom. The number of hydrogen-bond donors (Lipinski definition) is 1. The number of nitro benzene ring substituents is 1. The second kappa shape index (κ2) is 5.38. The van der Waals surface area contributed by atoms with E-state index in [1.807, 2.05) is 5.32 Å². The minimum Gasteiger partial charge on any atom is -0.378 e. The molecule has 0 atom stereocenters. The quantitative estimate of drug-likeness (QED) is 0.511. The van der Waals surface area contributed by atoms with Crippen molar-refractivity contribution in [3.05, 3.63) is 33.3 Å². The molecule has 0 saturated carbocycles. The van der Waals surface area contributed by atoms with E-state index in [0.29, 0.717) is 0 Å². The lowest BCUT2D eigenvalue weighted by Crippen LogP contribution is -2.34. The van der Waals surface area contributed by atoms with Gasteiger partial charge in [-0.05, 0) is 6.07 Å². The third-order valence-electron chi connectivity index (χ3n) is 2.00. The molecule has 0 amide bonds. The fraction of sp³-hybridized carbons (Fsp3) is 0.333. The third kappa shape index (κ3) is 3.46. The van der Waals surface area contributed by atoms with Crippen molar-refractivity contribution < 1.29 is 22.5 Å². The topological polar surface area (TPSA) is 55.2 Å². The van der Waals surface area contributed by atoms with Crippen molar-refractivity contribution in [1.82, 2.24) is 0 Å². The van der Waals surface area contributed by atoms with Crippen LogP contribution in [0.25, 0.3) is 0 Å². The minimum atomic E-state index is -4.20. The molecule has 1 N–H and O–H groups in total. The van der Waals surface area contributed by atoms with Gasteiger partial charge in [0.2, 0.25) is 0 Å². The molecule has 0 spiro atoms. The van der Waals surface area contributed by atoms with Gasteiger partial charge in [-0.1, -0.05) is 11.6 Å². The molecule has 0 aliphatic carbocycles. The van der Waals surface area contributed by atoms with Gasteiger partial charge in [0.05, 0.1) is 22.2 Å². The Balaban J connectivity index is 2.78. The smallest absolute Gasteiger partial charge is 0.324 e. The third-order valence-corrected chi connectivity index (χ3v) is 2.31. The van der Waals surface area contributed by atoms with E-state index in [0.717, 1.165) is 18.2 Å². The zero-order chi connectivity index (χ0) is 13.9. The molecule has 0 aromatic heterocycles. The average molecular weight is 287 g/mol. The lowest BCUT2D eigenvalue weighted by molar-refractivity contribution is -0.384. The molecular formula is C9H7ClF4N2O2. The summed E-state index contributed by atoms with van der Waals surface area (Å²) in [5.41, 5.74) is -0.409. The maximum absolute atomic E-state index is 12.6. The Kier molecular flexibility index (Phi) is 4.33. The van der Waals surface area contributed by atoms with Gasteiger partial charge in [-0.2, -0.15) is 8.78 Å². The van der Waals surface area contributed by atoms with Crippen molar-refractivity contribution in [3.8, 4) is 0 Å². The molecule has 1 rings (SSSR count). The molecule has 4 nitrogen and oxygen atoms in total. The van der Waals surface area contributed by atoms with Crippen LogP contribution in [0, 0.1) is 10.1 Å². The minimum absolute atomic E-state index is 0.0809. The van der Waals surface area contributed by atoms with Gasteiger partial charge < -0.3 is 5.32 Å². The molecule has 0 aliphatic rings. The zero-order valence-corrected chi connectivity index (χ0v) is 9.43. The summed E-state index contributed by atoms with van der Waals surface area (Å²) in [5.74, 6) is -4.20. The second-order valence-corrected chi connectivity index (χ2v) is 3.74. The molecular weight excluding hydrogens is 280 g/mol. The van der Waals surface area contributed by atoms with Crippen molar-refractivity contribution >= 4 is 23.0 Å². The van der Waals surface area contributed by atoms with Crippen LogP contribution in [0.1, 0.15) is 0 Å². The van der Waals surface area contributed by atoms with E-state index in [2.05, 4.69) is 0 Å². The molecule has 0 heterocycles. The van der Waals surface area contributed by atoms with Gasteiger partial charge in [0.25, 0.3) is 5.69 Å². The SMILES string of the molecule is O=[N+]([O-])c1ccc(NCC(F)(F)C(F)F)c(Cl)c1. The summed E-state index contributed by atoms with van der Waals surface area (Å²) >= 11 is 5.58. The maximum Gasteiger partial charge on any atom is 0.324 e. The molecule has 0 unspecified atom stereocenters. The van der Waals surface area contributed by atoms with Crippen molar-refractivity contribution in [1.29, 1.82) is 0 Å². The lowest BCUT2D eigenvalue weighted by Gasteiger charge is -2.17. The van der Waals surface area contributed by atoms with E-state index in [1.165, 1.54) is 0 Å². The van der Waals surface area contributed by atoms with Crippen LogP contribution in [0.5, 0.6) is 0 Å². The molecule has 18 heavy (non-hydrogen) atoms. The first kappa shape index (κ1) is 14.5. The fourth-order valence-electron chi connectivity index (χ4n) is 1.05. The maximum atomic E-state index is 12.6. The number of nitro groups is 1. The van der Waals surface area contributed by atoms with Gasteiger partial charge in [-0.15, -0.1) is 0 Å². The first-order valence-corrected chi connectivity index (χ1v) is 4.95. The summed E-state index contributed by atoms with van der Waals surface area (Å²) < 4.78 is 49.0. The van der Waals surface area contributed by atoms with Crippen LogP contribution in [-0.4, -0.2) is 23.8 Å². The van der Waals surface area contributed by atoms with Crippen LogP contribution in [0.2, 0.25) is 5.02 Å². The van der Waals surface area contributed by atoms with E-state index in [9.17, 15) is 27.7 Å². The molecule has 0 bridgehead atoms. The van der Waals surface area contributed by atoms with Crippen LogP contribution in [0.4, 0.5) is 28.9 Å². The van der Waals surface area contributed by atoms with E-state index < -0.39 is 23.8 Å². The van der Waals surface area contributed by atoms with Crippen molar-refractivity contribution in [2.24, 2.45) is 0 Å². The van der Waals surface area contributed by atoms with Crippen molar-refractivity contribution in [2.75, 3.05) is 11.9 Å². The number of non-ortho nitro benzene ring substituents is 1. The van der Waals surface area contributed by atoms with Gasteiger partial charge in [0.15, 0.2) is 0 Å². The van der Waals surface area contributed by atoms with Crippen LogP contribution < -0.4 is 5.32 Å². The summed E-state index contributed by atoms with van der Waals surface area (Å²) in [6.07, 6.45) is -3.80. The van der Waals surface area contributed by atoms with Crippen molar-refractivity contribution in [2.45, 2.75) is 12.3 Å². The first-order valence-electron chi connectivity index (χ1n) is 4.58. The van der Waals surface area contributed by atoms with Crippen LogP contribution in [0.3, 0.4) is 0 Å². The summed E-state index contributed by atoms with van der Waals surface area (Å²) in [4.78, 5) is 9.66. The fourth-order valence-corrected chi connectivity index (χ4v) is 1.29. The highest BCUT2D eigenvalue weighted by Gasteiger charge is 2.40. The Bertz CT molecular complexity index is 456. The monoisotopic (exact) mass is 286 g/mol. The molecule has 0 radical (unpaired) electrons. The number of hydrogen-bond acceptors (Lipinski definition) is 3. The van der Waals surface area contributed by atoms with E-state index >= 15 is 0 Å². The Morgan fingerprint density at radius 1 is 1.44 bits per heavy atom. The highest BCUT2D eigenvalue weighted by molar-refractivity contribution is 6.33. The Hall–Kier alpha value is -1.57. The Labute approximate surface area is 104 Å². The molecule has 1 aromatic rings. The highest BCUT2D eigenvalue weighted by atomic mass is 35.5. The number of benzene rings is 1. The van der Waals surface area contributed by atoms with E-state index in [4.69, 9.17) is 11.6 Å². The van der Waals surface area contributed by atoms with Crippen LogP contribution in [-0.2, 0) is 0 Å². The van der Waals surface area contributed by atoms with E-state index in [1.54, 1.807) is 0 Å². The number of nitrogens with zero attached hydrogens (tertiary/aromatic N) is 1. The molecule has 0 fully saturated rings. The van der Waals surface area contributed by atoms with Crippen LogP contribution >= 0.6 is 11.6 Å². The Morgan fingerprint density at radius 2 is 2.06 bits per heavy atom. The first-order chi connectivity index (χ1) is 8.24. The molecule has 1 aromatic carbocycles. The number of halogens is 5. The van der Waals surface area contributed by atoms with Crippen LogP contribution in [0.15, 0.2) is 18.2 Å². The summed E-state index contributed by atoms with van der Waals surface area (Å²) in [7, 11) is 0. The molecule has 0 aliphatic heterocycles. The predicted molar refractivity (Wildman–Crippen MR) is 57.5 cm³/mol. The summed E-state index contributed by atoms with van der Waals surface area (Å²) in [6, 6.07) is 3.03. The molecule has 0 saturated heterocycles. The lowest BCUT2D eigenvalue weighted by atomic mass is 10.2. The predicted octanol–water partition coefficient (Wildman–Crippen LogP) is 3.56. The second-order valence-electron chi connectivity index (χ2n) is 3.34. The highest BCUT2D eigenvalue weighted by Crippen LogP contribution is 2.29. The van der Waals surface area contributed by atoms with Gasteiger partial charge in [0, 0.05) is 12.1 Å². The number of anilines is 1. The van der Waals surface area contributed by atoms with Gasteiger partial charge >= 0.3 is 12.3 Å². The van der Waals surface area contributed by atoms with Gasteiger partial charge in [-0.25, -0.2) is 8.78 Å². The largest absolute Gasteiger partial charge is 0.378 e. The average Bonchev–Trinajstić information content (AvgIpc) is 2.26. The van der Waals surface area contributed by atoms with E-state index in [-0.39, 0.29) is 16.4 Å². The summed E-state index contributed by atoms with van der Waals surface area (Å²) in [6.45, 7) is -1.32. The van der Waals surface area contributed by atoms with Gasteiger partial charge in [0.1, 0.15) is 0 Å². The number of rotatable bonds is 5. The summed E-state index contributed by atoms with van der Waals surface area (Å²) in [5, 5.41) is 12.2. The normalized spacial score (nSPS) is 11.7. The zero-order valence-electron chi connectivity index (χ0n) is 8.67. The molecule has 100 valence electrons. The number of nitrogens with one attached hydrogen (secondary N) is 1.